The number of nitrogens with zero attached hydrogens (tertiary/aromatic N) is 4. The van der Waals surface area contributed by atoms with Crippen molar-refractivity contribution >= 4 is 52.1 Å². The Balaban J connectivity index is 1.46. The van der Waals surface area contributed by atoms with Crippen molar-refractivity contribution in [2.24, 2.45) is 0 Å². The van der Waals surface area contributed by atoms with Gasteiger partial charge < -0.3 is 25.2 Å². The van der Waals surface area contributed by atoms with Gasteiger partial charge in [0.25, 0.3) is 0 Å². The number of hydrogen-bond donors (Lipinski definition) is 3. The molecule has 0 unspecified atom stereocenters. The molecule has 42 heavy (non-hydrogen) atoms. The fourth-order valence-corrected chi connectivity index (χ4v) is 5.07. The maximum absolute atomic E-state index is 13.2. The molecule has 0 radical (unpaired) electrons. The molecule has 1 heterocycles. The minimum absolute atomic E-state index is 0.135. The first-order valence-corrected chi connectivity index (χ1v) is 14.3. The lowest BCUT2D eigenvalue weighted by Crippen LogP contribution is -2.53. The van der Waals surface area contributed by atoms with E-state index in [4.69, 9.17) is 40.7 Å². The van der Waals surface area contributed by atoms with Crippen LogP contribution >= 0.6 is 35.4 Å². The van der Waals surface area contributed by atoms with Crippen molar-refractivity contribution in [3.05, 3.63) is 112 Å². The monoisotopic (exact) mass is 620 g/mol. The standard InChI is InChI=1S/C31H30Cl2N6O2S/c1-31(2,37-28(41)14-25-16-35-20-39(25)17-22-8-6-21(15-34)7-9-22)19-38(18-23-4-3-5-27(32)29(23)33)30(42)36-24-10-12-26(40)13-11-24/h3-13,16,20,40H,14,17-19H2,1-2H3,(H,36,42)(H,37,41). The molecule has 0 saturated heterocycles. The summed E-state index contributed by atoms with van der Waals surface area (Å²) in [6.45, 7) is 5.09. The van der Waals surface area contributed by atoms with Gasteiger partial charge >= 0.3 is 0 Å². The number of halogens is 2. The van der Waals surface area contributed by atoms with E-state index < -0.39 is 5.54 Å². The fourth-order valence-electron chi connectivity index (χ4n) is 4.44. The van der Waals surface area contributed by atoms with Gasteiger partial charge in [0.1, 0.15) is 5.75 Å². The molecule has 0 aliphatic heterocycles. The van der Waals surface area contributed by atoms with E-state index in [-0.39, 0.29) is 18.1 Å². The molecule has 4 aromatic rings. The average Bonchev–Trinajstić information content (AvgIpc) is 3.37. The Kier molecular flexibility index (Phi) is 10.1. The molecule has 1 amide bonds. The van der Waals surface area contributed by atoms with E-state index >= 15 is 0 Å². The Morgan fingerprint density at radius 3 is 2.52 bits per heavy atom. The number of phenolic OH excluding ortho intramolecular Hbond substituents is 1. The summed E-state index contributed by atoms with van der Waals surface area (Å²) in [6, 6.07) is 21.4. The Hall–Kier alpha value is -4.10. The van der Waals surface area contributed by atoms with Crippen molar-refractivity contribution in [3.63, 3.8) is 0 Å². The van der Waals surface area contributed by atoms with Gasteiger partial charge in [-0.3, -0.25) is 4.79 Å². The third-order valence-corrected chi connectivity index (χ3v) is 7.66. The number of amides is 1. The maximum Gasteiger partial charge on any atom is 0.226 e. The summed E-state index contributed by atoms with van der Waals surface area (Å²) in [4.78, 5) is 19.4. The zero-order valence-corrected chi connectivity index (χ0v) is 25.5. The Bertz CT molecular complexity index is 1600. The first-order valence-electron chi connectivity index (χ1n) is 13.1. The number of benzene rings is 3. The van der Waals surface area contributed by atoms with Crippen molar-refractivity contribution in [3.8, 4) is 11.8 Å². The fraction of sp³-hybridized carbons (Fsp3) is 0.226. The molecule has 216 valence electrons. The second kappa shape index (κ2) is 13.7. The predicted octanol–water partition coefficient (Wildman–Crippen LogP) is 6.15. The van der Waals surface area contributed by atoms with Crippen molar-refractivity contribution in [2.75, 3.05) is 11.9 Å². The quantitative estimate of drug-likeness (QED) is 0.144. The Morgan fingerprint density at radius 1 is 1.12 bits per heavy atom. The highest BCUT2D eigenvalue weighted by Crippen LogP contribution is 2.27. The zero-order valence-electron chi connectivity index (χ0n) is 23.1. The van der Waals surface area contributed by atoms with Crippen LogP contribution in [0.4, 0.5) is 5.69 Å². The van der Waals surface area contributed by atoms with Crippen LogP contribution in [0.25, 0.3) is 0 Å². The summed E-state index contributed by atoms with van der Waals surface area (Å²) in [7, 11) is 0. The van der Waals surface area contributed by atoms with Gasteiger partial charge in [-0.15, -0.1) is 0 Å². The maximum atomic E-state index is 13.2. The van der Waals surface area contributed by atoms with Gasteiger partial charge in [0, 0.05) is 37.2 Å². The number of hydrogen-bond acceptors (Lipinski definition) is 5. The van der Waals surface area contributed by atoms with E-state index in [1.165, 1.54) is 0 Å². The molecule has 0 atom stereocenters. The van der Waals surface area contributed by atoms with E-state index in [1.54, 1.807) is 55.0 Å². The van der Waals surface area contributed by atoms with Crippen LogP contribution in [0, 0.1) is 11.3 Å². The molecule has 3 aromatic carbocycles. The molecule has 0 spiro atoms. The Labute approximate surface area is 260 Å². The Morgan fingerprint density at radius 2 is 1.83 bits per heavy atom. The third-order valence-electron chi connectivity index (χ3n) is 6.44. The predicted molar refractivity (Wildman–Crippen MR) is 170 cm³/mol. The van der Waals surface area contributed by atoms with Crippen LogP contribution in [-0.2, 0) is 24.3 Å². The number of imidazole rings is 1. The number of carbonyl (C=O) groups excluding carboxylic acids is 1. The minimum atomic E-state index is -0.694. The number of anilines is 1. The van der Waals surface area contributed by atoms with Gasteiger partial charge in [-0.1, -0.05) is 47.5 Å². The lowest BCUT2D eigenvalue weighted by molar-refractivity contribution is -0.122. The van der Waals surface area contributed by atoms with Gasteiger partial charge in [0.15, 0.2) is 5.11 Å². The average molecular weight is 622 g/mol. The highest BCUT2D eigenvalue weighted by Gasteiger charge is 2.27. The third kappa shape index (κ3) is 8.46. The van der Waals surface area contributed by atoms with E-state index in [0.717, 1.165) is 16.8 Å². The second-order valence-corrected chi connectivity index (χ2v) is 11.6. The molecular weight excluding hydrogens is 591 g/mol. The lowest BCUT2D eigenvalue weighted by Gasteiger charge is -2.35. The van der Waals surface area contributed by atoms with Gasteiger partial charge in [0.2, 0.25) is 5.91 Å². The molecule has 11 heteroatoms. The second-order valence-electron chi connectivity index (χ2n) is 10.5. The summed E-state index contributed by atoms with van der Waals surface area (Å²) >= 11 is 18.5. The molecular formula is C31H30Cl2N6O2S. The lowest BCUT2D eigenvalue weighted by atomic mass is 10.0. The zero-order chi connectivity index (χ0) is 30.3. The molecule has 4 rings (SSSR count). The highest BCUT2D eigenvalue weighted by atomic mass is 35.5. The normalized spacial score (nSPS) is 11.0. The number of nitrogens with one attached hydrogen (secondary N) is 2. The minimum Gasteiger partial charge on any atom is -0.508 e. The molecule has 0 aliphatic carbocycles. The highest BCUT2D eigenvalue weighted by molar-refractivity contribution is 7.80. The summed E-state index contributed by atoms with van der Waals surface area (Å²) in [6.07, 6.45) is 3.51. The molecule has 0 bridgehead atoms. The van der Waals surface area contributed by atoms with E-state index in [9.17, 15) is 9.90 Å². The van der Waals surface area contributed by atoms with Crippen LogP contribution in [0.15, 0.2) is 79.3 Å². The van der Waals surface area contributed by atoms with E-state index in [2.05, 4.69) is 21.7 Å². The number of aromatic hydroxyl groups is 1. The number of nitriles is 1. The SMILES string of the molecule is CC(C)(CN(Cc1cccc(Cl)c1Cl)C(=S)Nc1ccc(O)cc1)NC(=O)Cc1cncn1Cc1ccc(C#N)cc1. The van der Waals surface area contributed by atoms with Crippen molar-refractivity contribution in [1.29, 1.82) is 5.26 Å². The van der Waals surface area contributed by atoms with Crippen LogP contribution in [0.3, 0.4) is 0 Å². The topological polar surface area (TPSA) is 106 Å². The van der Waals surface area contributed by atoms with Crippen LogP contribution in [0.1, 0.15) is 36.2 Å². The number of carbonyl (C=O) groups is 1. The summed E-state index contributed by atoms with van der Waals surface area (Å²) in [5.41, 5.74) is 3.15. The van der Waals surface area contributed by atoms with Crippen LogP contribution in [0.5, 0.6) is 5.75 Å². The summed E-state index contributed by atoms with van der Waals surface area (Å²) in [5, 5.41) is 26.3. The number of rotatable bonds is 10. The number of phenols is 1. The molecule has 0 fully saturated rings. The molecule has 0 aliphatic rings. The molecule has 1 aromatic heterocycles. The van der Waals surface area contributed by atoms with Gasteiger partial charge in [0.05, 0.1) is 40.0 Å². The van der Waals surface area contributed by atoms with Gasteiger partial charge in [-0.05, 0) is 79.7 Å². The number of aromatic nitrogens is 2. The molecule has 3 N–H and O–H groups in total. The van der Waals surface area contributed by atoms with Crippen LogP contribution in [0.2, 0.25) is 10.0 Å². The smallest absolute Gasteiger partial charge is 0.226 e. The molecule has 8 nitrogen and oxygen atoms in total. The first-order chi connectivity index (χ1) is 20.0. The van der Waals surface area contributed by atoms with Crippen molar-refractivity contribution in [1.82, 2.24) is 19.8 Å². The summed E-state index contributed by atoms with van der Waals surface area (Å²) < 4.78 is 1.91. The summed E-state index contributed by atoms with van der Waals surface area (Å²) in [5.74, 6) is -0.0177. The van der Waals surface area contributed by atoms with E-state index in [1.807, 2.05) is 47.6 Å². The van der Waals surface area contributed by atoms with Gasteiger partial charge in [-0.2, -0.15) is 5.26 Å². The van der Waals surface area contributed by atoms with Crippen LogP contribution in [-0.4, -0.2) is 42.7 Å². The van der Waals surface area contributed by atoms with E-state index in [0.29, 0.717) is 46.0 Å². The van der Waals surface area contributed by atoms with Crippen molar-refractivity contribution in [2.45, 2.75) is 38.9 Å². The number of thiocarbonyl (C=S) groups is 1. The first kappa shape index (κ1) is 30.8. The largest absolute Gasteiger partial charge is 0.508 e. The van der Waals surface area contributed by atoms with Crippen LogP contribution < -0.4 is 10.6 Å². The molecule has 0 saturated carbocycles. The van der Waals surface area contributed by atoms with Gasteiger partial charge in [-0.25, -0.2) is 4.98 Å². The van der Waals surface area contributed by atoms with Crippen molar-refractivity contribution < 1.29 is 9.90 Å².